The number of nitrogens with zero attached hydrogens (tertiary/aromatic N) is 2. The summed E-state index contributed by atoms with van der Waals surface area (Å²) in [7, 11) is -3.09. The van der Waals surface area contributed by atoms with Gasteiger partial charge in [0.15, 0.2) is 17.5 Å². The fourth-order valence-electron chi connectivity index (χ4n) is 3.08. The molecule has 0 radical (unpaired) electrons. The molecule has 0 spiro atoms. The average molecular weight is 382 g/mol. The highest BCUT2D eigenvalue weighted by Crippen LogP contribution is 2.32. The number of aliphatic imine (C=N–C) groups is 1. The average Bonchev–Trinajstić information content (AvgIpc) is 2.84. The van der Waals surface area contributed by atoms with E-state index in [1.807, 2.05) is 18.2 Å². The van der Waals surface area contributed by atoms with Crippen molar-refractivity contribution < 1.29 is 17.9 Å². The zero-order valence-electron chi connectivity index (χ0n) is 15.0. The van der Waals surface area contributed by atoms with Crippen molar-refractivity contribution in [1.82, 2.24) is 4.31 Å². The minimum absolute atomic E-state index is 0.338. The van der Waals surface area contributed by atoms with Gasteiger partial charge >= 0.3 is 0 Å². The van der Waals surface area contributed by atoms with Crippen LogP contribution in [0.2, 0.25) is 0 Å². The predicted octanol–water partition coefficient (Wildman–Crippen LogP) is 1.25. The number of hydrogen-bond donors (Lipinski definition) is 2. The molecule has 26 heavy (non-hydrogen) atoms. The van der Waals surface area contributed by atoms with E-state index in [0.717, 1.165) is 30.7 Å². The van der Waals surface area contributed by atoms with Crippen LogP contribution in [-0.4, -0.2) is 57.8 Å². The maximum atomic E-state index is 11.5. The number of benzene rings is 1. The zero-order chi connectivity index (χ0) is 18.6. The van der Waals surface area contributed by atoms with Crippen molar-refractivity contribution >= 4 is 21.7 Å². The molecule has 0 atom stereocenters. The van der Waals surface area contributed by atoms with Crippen LogP contribution < -0.4 is 20.5 Å². The molecule has 2 aliphatic heterocycles. The number of sulfonamides is 1. The van der Waals surface area contributed by atoms with Crippen molar-refractivity contribution in [3.63, 3.8) is 0 Å². The largest absolute Gasteiger partial charge is 0.490 e. The highest BCUT2D eigenvalue weighted by Gasteiger charge is 2.24. The Morgan fingerprint density at radius 3 is 2.65 bits per heavy atom. The van der Waals surface area contributed by atoms with E-state index in [0.29, 0.717) is 50.5 Å². The smallest absolute Gasteiger partial charge is 0.211 e. The van der Waals surface area contributed by atoms with Gasteiger partial charge in [0.1, 0.15) is 0 Å². The van der Waals surface area contributed by atoms with E-state index in [2.05, 4.69) is 10.3 Å². The van der Waals surface area contributed by atoms with E-state index in [9.17, 15) is 8.42 Å². The molecular formula is C17H26N4O4S. The van der Waals surface area contributed by atoms with E-state index >= 15 is 0 Å². The van der Waals surface area contributed by atoms with Crippen molar-refractivity contribution in [2.75, 3.05) is 44.4 Å². The van der Waals surface area contributed by atoms with Gasteiger partial charge in [-0.25, -0.2) is 12.7 Å². The number of rotatable bonds is 4. The van der Waals surface area contributed by atoms with Crippen molar-refractivity contribution in [1.29, 1.82) is 0 Å². The molecule has 3 rings (SSSR count). The molecule has 2 aliphatic rings. The topological polar surface area (TPSA) is 106 Å². The highest BCUT2D eigenvalue weighted by molar-refractivity contribution is 7.88. The molecule has 1 aromatic rings. The summed E-state index contributed by atoms with van der Waals surface area (Å²) < 4.78 is 35.9. The number of hydrogen-bond acceptors (Lipinski definition) is 5. The Labute approximate surface area is 154 Å². The third kappa shape index (κ3) is 5.01. The summed E-state index contributed by atoms with van der Waals surface area (Å²) >= 11 is 0. The standard InChI is InChI=1S/C17H26N4O4S/c1-26(22,23)21-7-5-13(6-8-21)12-19-17(18)20-14-3-4-15-16(11-14)25-10-2-9-24-15/h3-4,11,13H,2,5-10,12H2,1H3,(H3,18,19,20). The lowest BCUT2D eigenvalue weighted by atomic mass is 9.98. The number of nitrogens with one attached hydrogen (secondary N) is 1. The molecule has 0 aliphatic carbocycles. The van der Waals surface area contributed by atoms with Crippen LogP contribution in [0.5, 0.6) is 11.5 Å². The molecule has 1 saturated heterocycles. The van der Waals surface area contributed by atoms with Gasteiger partial charge in [-0.15, -0.1) is 0 Å². The Morgan fingerprint density at radius 1 is 1.27 bits per heavy atom. The second-order valence-electron chi connectivity index (χ2n) is 6.67. The first-order valence-corrected chi connectivity index (χ1v) is 10.7. The molecule has 9 heteroatoms. The molecule has 0 bridgehead atoms. The number of piperidine rings is 1. The third-order valence-corrected chi connectivity index (χ3v) is 5.89. The van der Waals surface area contributed by atoms with Crippen molar-refractivity contribution in [2.45, 2.75) is 19.3 Å². The monoisotopic (exact) mass is 382 g/mol. The van der Waals surface area contributed by atoms with Crippen LogP contribution in [0, 0.1) is 5.92 Å². The van der Waals surface area contributed by atoms with E-state index in [1.165, 1.54) is 10.6 Å². The molecule has 1 aromatic carbocycles. The number of fused-ring (bicyclic) bond motifs is 1. The van der Waals surface area contributed by atoms with Gasteiger partial charge in [0, 0.05) is 37.8 Å². The van der Waals surface area contributed by atoms with Crippen LogP contribution >= 0.6 is 0 Å². The van der Waals surface area contributed by atoms with E-state index in [-0.39, 0.29) is 0 Å². The molecule has 0 saturated carbocycles. The molecular weight excluding hydrogens is 356 g/mol. The van der Waals surface area contributed by atoms with Gasteiger partial charge in [-0.2, -0.15) is 0 Å². The summed E-state index contributed by atoms with van der Waals surface area (Å²) in [5.41, 5.74) is 6.78. The third-order valence-electron chi connectivity index (χ3n) is 4.58. The molecule has 3 N–H and O–H groups in total. The van der Waals surface area contributed by atoms with Crippen molar-refractivity contribution in [2.24, 2.45) is 16.6 Å². The lowest BCUT2D eigenvalue weighted by Gasteiger charge is -2.29. The summed E-state index contributed by atoms with van der Waals surface area (Å²) in [4.78, 5) is 4.40. The summed E-state index contributed by atoms with van der Waals surface area (Å²) in [6, 6.07) is 5.59. The fourth-order valence-corrected chi connectivity index (χ4v) is 3.95. The Bertz CT molecular complexity index is 758. The van der Waals surface area contributed by atoms with Gasteiger partial charge in [-0.1, -0.05) is 0 Å². The van der Waals surface area contributed by atoms with Crippen LogP contribution in [0.15, 0.2) is 23.2 Å². The minimum atomic E-state index is -3.09. The fraction of sp³-hybridized carbons (Fsp3) is 0.588. The first-order valence-electron chi connectivity index (χ1n) is 8.83. The second-order valence-corrected chi connectivity index (χ2v) is 8.65. The molecule has 0 unspecified atom stereocenters. The van der Waals surface area contributed by atoms with Crippen LogP contribution in [0.3, 0.4) is 0 Å². The predicted molar refractivity (Wildman–Crippen MR) is 101 cm³/mol. The molecule has 0 aromatic heterocycles. The van der Waals surface area contributed by atoms with Crippen molar-refractivity contribution in [3.8, 4) is 11.5 Å². The van der Waals surface area contributed by atoms with Crippen molar-refractivity contribution in [3.05, 3.63) is 18.2 Å². The highest BCUT2D eigenvalue weighted by atomic mass is 32.2. The second kappa shape index (κ2) is 8.13. The number of ether oxygens (including phenoxy) is 2. The van der Waals surface area contributed by atoms with Gasteiger partial charge in [0.25, 0.3) is 0 Å². The van der Waals surface area contributed by atoms with Crippen LogP contribution in [0.25, 0.3) is 0 Å². The maximum absolute atomic E-state index is 11.5. The molecule has 144 valence electrons. The number of anilines is 1. The quantitative estimate of drug-likeness (QED) is 0.600. The normalized spacial score (nSPS) is 19.8. The maximum Gasteiger partial charge on any atom is 0.211 e. The first-order chi connectivity index (χ1) is 12.4. The summed E-state index contributed by atoms with van der Waals surface area (Å²) in [5, 5.41) is 3.07. The SMILES string of the molecule is CS(=O)(=O)N1CCC(CN=C(N)Nc2ccc3c(c2)OCCCO3)CC1. The molecule has 0 amide bonds. The lowest BCUT2D eigenvalue weighted by Crippen LogP contribution is -2.38. The van der Waals surface area contributed by atoms with Gasteiger partial charge in [-0.05, 0) is 30.9 Å². The Morgan fingerprint density at radius 2 is 1.96 bits per heavy atom. The first kappa shape index (κ1) is 18.8. The molecule has 2 heterocycles. The van der Waals surface area contributed by atoms with Gasteiger partial charge in [0.2, 0.25) is 10.0 Å². The van der Waals surface area contributed by atoms with Crippen LogP contribution in [-0.2, 0) is 10.0 Å². The van der Waals surface area contributed by atoms with Crippen LogP contribution in [0.1, 0.15) is 19.3 Å². The van der Waals surface area contributed by atoms with E-state index in [4.69, 9.17) is 15.2 Å². The lowest BCUT2D eigenvalue weighted by molar-refractivity contribution is 0.280. The minimum Gasteiger partial charge on any atom is -0.490 e. The van der Waals surface area contributed by atoms with Gasteiger partial charge in [-0.3, -0.25) is 4.99 Å². The molecule has 1 fully saturated rings. The number of guanidine groups is 1. The zero-order valence-corrected chi connectivity index (χ0v) is 15.8. The summed E-state index contributed by atoms with van der Waals surface area (Å²) in [5.74, 6) is 2.12. The number of nitrogens with two attached hydrogens (primary N) is 1. The molecule has 8 nitrogen and oxygen atoms in total. The Balaban J connectivity index is 1.52. The Hall–Kier alpha value is -2.00. The van der Waals surface area contributed by atoms with Crippen LogP contribution in [0.4, 0.5) is 5.69 Å². The summed E-state index contributed by atoms with van der Waals surface area (Å²) in [6.07, 6.45) is 3.71. The summed E-state index contributed by atoms with van der Waals surface area (Å²) in [6.45, 7) is 2.97. The Kier molecular flexibility index (Phi) is 5.87. The van der Waals surface area contributed by atoms with Gasteiger partial charge in [0.05, 0.1) is 19.5 Å². The van der Waals surface area contributed by atoms with E-state index < -0.39 is 10.0 Å². The van der Waals surface area contributed by atoms with Gasteiger partial charge < -0.3 is 20.5 Å². The van der Waals surface area contributed by atoms with E-state index in [1.54, 1.807) is 0 Å².